The lowest BCUT2D eigenvalue weighted by atomic mass is 10.0. The van der Waals surface area contributed by atoms with Crippen molar-refractivity contribution in [2.24, 2.45) is 5.92 Å². The molecular formula is C23H23ClN3O3. The van der Waals surface area contributed by atoms with Gasteiger partial charge in [0.2, 0.25) is 5.78 Å². The first-order valence-electron chi connectivity index (χ1n) is 9.87. The van der Waals surface area contributed by atoms with Crippen LogP contribution in [-0.4, -0.2) is 33.0 Å². The summed E-state index contributed by atoms with van der Waals surface area (Å²) >= 11 is 6.07. The zero-order chi connectivity index (χ0) is 21.3. The fourth-order valence-corrected chi connectivity index (χ4v) is 4.04. The predicted octanol–water partition coefficient (Wildman–Crippen LogP) is 4.24. The molecule has 30 heavy (non-hydrogen) atoms. The molecule has 1 aliphatic carbocycles. The van der Waals surface area contributed by atoms with Crippen LogP contribution in [0.3, 0.4) is 0 Å². The Morgan fingerprint density at radius 3 is 2.93 bits per heavy atom. The molecule has 0 saturated heterocycles. The van der Waals surface area contributed by atoms with E-state index in [1.54, 1.807) is 6.07 Å². The van der Waals surface area contributed by atoms with Crippen LogP contribution in [0.5, 0.6) is 0 Å². The summed E-state index contributed by atoms with van der Waals surface area (Å²) < 4.78 is 5.78. The molecule has 2 N–H and O–H groups in total. The Morgan fingerprint density at radius 2 is 2.20 bits per heavy atom. The standard InChI is InChI=1S/C23H23ClN3O3/c1-13-6-18(10-20(13)28)27-23-19(11-25-12-26-23)22(29)21-9-16(14(2)30-21)7-15-4-3-5-17(24)8-15/h3-5,8-9,11-13,18,20,28H,1,6-7,10H2,2H3,(H,25,26,27)/t13-,18-,20+/m1/s1. The number of hydrogen-bond acceptors (Lipinski definition) is 6. The third-order valence-corrected chi connectivity index (χ3v) is 5.72. The first-order valence-corrected chi connectivity index (χ1v) is 10.2. The van der Waals surface area contributed by atoms with Crippen LogP contribution in [0.4, 0.5) is 5.82 Å². The van der Waals surface area contributed by atoms with E-state index >= 15 is 0 Å². The van der Waals surface area contributed by atoms with E-state index in [4.69, 9.17) is 16.0 Å². The zero-order valence-electron chi connectivity index (χ0n) is 16.6. The molecule has 4 rings (SSSR count). The number of halogens is 1. The molecule has 0 amide bonds. The number of furan rings is 1. The number of nitrogens with one attached hydrogen (secondary N) is 1. The van der Waals surface area contributed by atoms with Gasteiger partial charge in [-0.3, -0.25) is 4.79 Å². The van der Waals surface area contributed by atoms with E-state index in [0.717, 1.165) is 11.1 Å². The second kappa shape index (κ2) is 8.58. The lowest BCUT2D eigenvalue weighted by molar-refractivity contribution is 0.101. The number of carbonyl (C=O) groups excluding carboxylic acids is 1. The second-order valence-corrected chi connectivity index (χ2v) is 8.19. The summed E-state index contributed by atoms with van der Waals surface area (Å²) in [6.07, 6.45) is 4.32. The Hall–Kier alpha value is -2.70. The number of aryl methyl sites for hydroxylation is 1. The van der Waals surface area contributed by atoms with Crippen LogP contribution in [-0.2, 0) is 6.42 Å². The van der Waals surface area contributed by atoms with Gasteiger partial charge in [0.15, 0.2) is 5.76 Å². The van der Waals surface area contributed by atoms with Gasteiger partial charge in [0.25, 0.3) is 0 Å². The maximum absolute atomic E-state index is 13.1. The van der Waals surface area contributed by atoms with Crippen molar-refractivity contribution < 1.29 is 14.3 Å². The minimum Gasteiger partial charge on any atom is -0.458 e. The lowest BCUT2D eigenvalue weighted by Crippen LogP contribution is -2.20. The Labute approximate surface area is 180 Å². The third-order valence-electron chi connectivity index (χ3n) is 5.48. The molecule has 155 valence electrons. The Bertz CT molecular complexity index is 1060. The van der Waals surface area contributed by atoms with Crippen molar-refractivity contribution in [3.05, 3.63) is 83.0 Å². The van der Waals surface area contributed by atoms with Gasteiger partial charge >= 0.3 is 0 Å². The minimum atomic E-state index is -0.453. The molecule has 2 aromatic heterocycles. The maximum Gasteiger partial charge on any atom is 0.233 e. The topological polar surface area (TPSA) is 88.3 Å². The largest absolute Gasteiger partial charge is 0.458 e. The molecule has 1 radical (unpaired) electrons. The molecule has 1 aromatic carbocycles. The average Bonchev–Trinajstić information content (AvgIpc) is 3.23. The molecule has 0 spiro atoms. The number of ketones is 1. The van der Waals surface area contributed by atoms with Crippen molar-refractivity contribution in [1.82, 2.24) is 9.97 Å². The van der Waals surface area contributed by atoms with Gasteiger partial charge in [0.1, 0.15) is 17.9 Å². The van der Waals surface area contributed by atoms with Crippen molar-refractivity contribution in [3.8, 4) is 0 Å². The number of benzene rings is 1. The van der Waals surface area contributed by atoms with Crippen LogP contribution in [0.2, 0.25) is 5.02 Å². The van der Waals surface area contributed by atoms with Crippen molar-refractivity contribution in [3.63, 3.8) is 0 Å². The first kappa shape index (κ1) is 20.6. The van der Waals surface area contributed by atoms with Gasteiger partial charge < -0.3 is 14.8 Å². The van der Waals surface area contributed by atoms with E-state index in [1.807, 2.05) is 31.2 Å². The van der Waals surface area contributed by atoms with Crippen LogP contribution < -0.4 is 5.32 Å². The fourth-order valence-electron chi connectivity index (χ4n) is 3.83. The normalized spacial score (nSPS) is 21.0. The van der Waals surface area contributed by atoms with Crippen molar-refractivity contribution in [2.75, 3.05) is 5.32 Å². The second-order valence-electron chi connectivity index (χ2n) is 7.75. The summed E-state index contributed by atoms with van der Waals surface area (Å²) in [5, 5.41) is 13.9. The van der Waals surface area contributed by atoms with Crippen LogP contribution in [0.1, 0.15) is 45.8 Å². The van der Waals surface area contributed by atoms with E-state index in [2.05, 4.69) is 22.2 Å². The number of aliphatic hydroxyl groups is 1. The Morgan fingerprint density at radius 1 is 1.37 bits per heavy atom. The van der Waals surface area contributed by atoms with Crippen LogP contribution >= 0.6 is 11.6 Å². The highest BCUT2D eigenvalue weighted by molar-refractivity contribution is 6.30. The Balaban J connectivity index is 1.55. The predicted molar refractivity (Wildman–Crippen MR) is 115 cm³/mol. The summed E-state index contributed by atoms with van der Waals surface area (Å²) in [6.45, 7) is 5.79. The van der Waals surface area contributed by atoms with Crippen LogP contribution in [0.15, 0.2) is 47.3 Å². The molecule has 1 saturated carbocycles. The number of aromatic nitrogens is 2. The summed E-state index contributed by atoms with van der Waals surface area (Å²) in [6, 6.07) is 9.37. The molecule has 2 heterocycles. The number of carbonyl (C=O) groups is 1. The molecule has 3 atom stereocenters. The quantitative estimate of drug-likeness (QED) is 0.575. The highest BCUT2D eigenvalue weighted by Gasteiger charge is 2.31. The van der Waals surface area contributed by atoms with Gasteiger partial charge in [0, 0.05) is 23.7 Å². The van der Waals surface area contributed by atoms with Gasteiger partial charge in [-0.2, -0.15) is 0 Å². The third kappa shape index (κ3) is 4.40. The molecule has 1 fully saturated rings. The van der Waals surface area contributed by atoms with Crippen LogP contribution in [0.25, 0.3) is 0 Å². The zero-order valence-corrected chi connectivity index (χ0v) is 17.4. The number of rotatable bonds is 6. The van der Waals surface area contributed by atoms with Crippen molar-refractivity contribution >= 4 is 23.2 Å². The molecule has 1 aliphatic rings. The highest BCUT2D eigenvalue weighted by atomic mass is 35.5. The van der Waals surface area contributed by atoms with Gasteiger partial charge in [-0.05, 0) is 61.9 Å². The van der Waals surface area contributed by atoms with E-state index in [1.165, 1.54) is 12.5 Å². The van der Waals surface area contributed by atoms with Gasteiger partial charge in [-0.15, -0.1) is 0 Å². The summed E-state index contributed by atoms with van der Waals surface area (Å²) in [4.78, 5) is 21.4. The summed E-state index contributed by atoms with van der Waals surface area (Å²) in [7, 11) is 0. The molecule has 7 heteroatoms. The molecular weight excluding hydrogens is 402 g/mol. The van der Waals surface area contributed by atoms with E-state index < -0.39 is 6.10 Å². The molecule has 6 nitrogen and oxygen atoms in total. The fraction of sp³-hybridized carbons (Fsp3) is 0.304. The smallest absolute Gasteiger partial charge is 0.233 e. The van der Waals surface area contributed by atoms with Crippen molar-refractivity contribution in [2.45, 2.75) is 38.3 Å². The summed E-state index contributed by atoms with van der Waals surface area (Å²) in [5.74, 6) is 1.03. The molecule has 3 aromatic rings. The minimum absolute atomic E-state index is 0.000627. The van der Waals surface area contributed by atoms with Gasteiger partial charge in [0.05, 0.1) is 11.7 Å². The van der Waals surface area contributed by atoms with Crippen molar-refractivity contribution in [1.29, 1.82) is 0 Å². The molecule has 0 aliphatic heterocycles. The van der Waals surface area contributed by atoms with Crippen LogP contribution in [0, 0.1) is 19.8 Å². The van der Waals surface area contributed by atoms with E-state index in [0.29, 0.717) is 41.4 Å². The number of anilines is 1. The number of aliphatic hydroxyl groups excluding tert-OH is 1. The van der Waals surface area contributed by atoms with E-state index in [9.17, 15) is 9.90 Å². The maximum atomic E-state index is 13.1. The molecule has 0 bridgehead atoms. The average molecular weight is 425 g/mol. The lowest BCUT2D eigenvalue weighted by Gasteiger charge is -2.14. The number of nitrogens with zero attached hydrogens (tertiary/aromatic N) is 2. The SMILES string of the molecule is [CH2][C@@H]1C[C@@H](Nc2ncncc2C(=O)c2cc(Cc3cccc(Cl)c3)c(C)o2)C[C@@H]1O. The van der Waals surface area contributed by atoms with Gasteiger partial charge in [-0.25, -0.2) is 9.97 Å². The highest BCUT2D eigenvalue weighted by Crippen LogP contribution is 2.29. The Kier molecular flexibility index (Phi) is 5.88. The van der Waals surface area contributed by atoms with E-state index in [-0.39, 0.29) is 23.5 Å². The summed E-state index contributed by atoms with van der Waals surface area (Å²) in [5.41, 5.74) is 2.30. The van der Waals surface area contributed by atoms with Gasteiger partial charge in [-0.1, -0.05) is 23.7 Å². The monoisotopic (exact) mass is 424 g/mol. The number of hydrogen-bond donors (Lipinski definition) is 2. The molecule has 0 unspecified atom stereocenters. The first-order chi connectivity index (χ1) is 14.4.